The van der Waals surface area contributed by atoms with E-state index in [0.29, 0.717) is 17.1 Å². The maximum atomic E-state index is 14.0. The number of carbonyl (C=O) groups excluding carboxylic acids is 2. The zero-order valence-corrected chi connectivity index (χ0v) is 22.0. The quantitative estimate of drug-likeness (QED) is 0.106. The Hall–Kier alpha value is -2.29. The van der Waals surface area contributed by atoms with Gasteiger partial charge in [-0.15, -0.1) is 11.8 Å². The molecular weight excluding hydrogens is 507 g/mol. The average Bonchev–Trinajstić information content (AvgIpc) is 2.88. The maximum absolute atomic E-state index is 14.0. The van der Waals surface area contributed by atoms with Crippen LogP contribution < -0.4 is 0 Å². The Morgan fingerprint density at radius 1 is 0.857 bits per heavy atom. The second-order valence-corrected chi connectivity index (χ2v) is 12.0. The summed E-state index contributed by atoms with van der Waals surface area (Å²) >= 11 is 2.41. The van der Waals surface area contributed by atoms with Crippen molar-refractivity contribution in [3.8, 4) is 0 Å². The lowest BCUT2D eigenvalue weighted by Gasteiger charge is -2.27. The Kier molecular flexibility index (Phi) is 12.9. The summed E-state index contributed by atoms with van der Waals surface area (Å²) in [5.74, 6) is -0.871. The molecule has 0 saturated heterocycles. The summed E-state index contributed by atoms with van der Waals surface area (Å²) in [6.45, 7) is 4.48. The van der Waals surface area contributed by atoms with E-state index in [-0.39, 0.29) is 13.2 Å². The molecule has 0 saturated carbocycles. The molecule has 0 aromatic heterocycles. The van der Waals surface area contributed by atoms with Gasteiger partial charge in [0.05, 0.1) is 0 Å². The first kappa shape index (κ1) is 28.9. The molecule has 0 N–H and O–H groups in total. The van der Waals surface area contributed by atoms with Gasteiger partial charge < -0.3 is 9.47 Å². The Morgan fingerprint density at radius 2 is 1.34 bits per heavy atom. The van der Waals surface area contributed by atoms with Crippen molar-refractivity contribution < 1.29 is 32.7 Å². The summed E-state index contributed by atoms with van der Waals surface area (Å²) in [4.78, 5) is 24.8. The van der Waals surface area contributed by atoms with E-state index in [4.69, 9.17) is 18.5 Å². The van der Waals surface area contributed by atoms with Crippen LogP contribution in [0.25, 0.3) is 0 Å². The zero-order valence-electron chi connectivity index (χ0n) is 19.4. The van der Waals surface area contributed by atoms with Crippen LogP contribution in [-0.2, 0) is 32.7 Å². The Morgan fingerprint density at radius 3 is 1.86 bits per heavy atom. The van der Waals surface area contributed by atoms with Crippen molar-refractivity contribution in [2.45, 2.75) is 35.3 Å². The molecule has 0 amide bonds. The van der Waals surface area contributed by atoms with E-state index < -0.39 is 30.9 Å². The second kappa shape index (κ2) is 15.7. The van der Waals surface area contributed by atoms with Gasteiger partial charge in [-0.3, -0.25) is 9.05 Å². The van der Waals surface area contributed by atoms with Crippen LogP contribution in [0, 0.1) is 0 Å². The topological polar surface area (TPSA) is 88.1 Å². The summed E-state index contributed by atoms with van der Waals surface area (Å²) in [5, 5.41) is 0. The van der Waals surface area contributed by atoms with Crippen LogP contribution >= 0.6 is 29.9 Å². The van der Waals surface area contributed by atoms with Crippen LogP contribution in [0.15, 0.2) is 95.8 Å². The summed E-state index contributed by atoms with van der Waals surface area (Å²) in [5.41, 5.74) is 0. The van der Waals surface area contributed by atoms with E-state index in [0.717, 1.165) is 28.4 Å². The van der Waals surface area contributed by atoms with Gasteiger partial charge >= 0.3 is 18.7 Å². The van der Waals surface area contributed by atoms with Gasteiger partial charge in [-0.25, -0.2) is 14.2 Å². The van der Waals surface area contributed by atoms with Crippen molar-refractivity contribution in [3.05, 3.63) is 86.0 Å². The Balaban J connectivity index is 2.23. The molecule has 3 unspecified atom stereocenters. The average molecular weight is 537 g/mol. The molecule has 0 aliphatic carbocycles. The van der Waals surface area contributed by atoms with Crippen molar-refractivity contribution in [1.82, 2.24) is 0 Å². The number of thioether (sulfide) groups is 1. The lowest BCUT2D eigenvalue weighted by atomic mass is 10.3. The molecule has 3 atom stereocenters. The van der Waals surface area contributed by atoms with Gasteiger partial charge in [-0.2, -0.15) is 0 Å². The third-order valence-electron chi connectivity index (χ3n) is 4.31. The molecule has 0 radical (unpaired) electrons. The highest BCUT2D eigenvalue weighted by Crippen LogP contribution is 2.65. The fourth-order valence-corrected chi connectivity index (χ4v) is 7.42. The van der Waals surface area contributed by atoms with Crippen molar-refractivity contribution in [1.29, 1.82) is 0 Å². The molecule has 0 aliphatic rings. The molecule has 0 fully saturated rings. The van der Waals surface area contributed by atoms with Crippen LogP contribution in [0.2, 0.25) is 0 Å². The molecule has 2 aromatic carbocycles. The van der Waals surface area contributed by atoms with Gasteiger partial charge in [0.2, 0.25) is 0 Å². The monoisotopic (exact) mass is 536 g/mol. The van der Waals surface area contributed by atoms with Gasteiger partial charge in [0.25, 0.3) is 0 Å². The first-order valence-corrected chi connectivity index (χ1v) is 14.8. The van der Waals surface area contributed by atoms with Crippen LogP contribution in [0.3, 0.4) is 0 Å². The van der Waals surface area contributed by atoms with E-state index in [1.54, 1.807) is 12.1 Å². The Bertz CT molecular complexity index is 1000. The fraction of sp³-hybridized carbons (Fsp3) is 0.280. The van der Waals surface area contributed by atoms with Crippen LogP contribution in [0.4, 0.5) is 0 Å². The first-order valence-electron chi connectivity index (χ1n) is 10.8. The highest BCUT2D eigenvalue weighted by molar-refractivity contribution is 8.55. The summed E-state index contributed by atoms with van der Waals surface area (Å²) in [7, 11) is 0. The van der Waals surface area contributed by atoms with Gasteiger partial charge in [0.1, 0.15) is 25.4 Å². The third-order valence-corrected chi connectivity index (χ3v) is 9.09. The molecule has 0 heterocycles. The number of carbonyl (C=O) groups is 2. The molecule has 35 heavy (non-hydrogen) atoms. The number of hydrogen-bond acceptors (Lipinski definition) is 9. The van der Waals surface area contributed by atoms with E-state index in [1.807, 2.05) is 55.5 Å². The van der Waals surface area contributed by atoms with E-state index in [1.165, 1.54) is 11.8 Å². The number of ether oxygens (including phenoxy) is 2. The van der Waals surface area contributed by atoms with E-state index in [9.17, 15) is 14.2 Å². The minimum absolute atomic E-state index is 0.112. The first-order chi connectivity index (χ1) is 16.9. The van der Waals surface area contributed by atoms with Gasteiger partial charge in [0.15, 0.2) is 0 Å². The lowest BCUT2D eigenvalue weighted by molar-refractivity contribution is -0.140. The van der Waals surface area contributed by atoms with E-state index in [2.05, 4.69) is 13.2 Å². The lowest BCUT2D eigenvalue weighted by Crippen LogP contribution is -2.25. The standard InChI is InChI=1S/C25H29O7PS2/c1-4-20(17-29-24(26)5-2)31-33(28,35-23-15-11-8-12-16-23)32-21(18-30-25(27)6-3)19-34-22-13-9-7-10-14-22/h5-16,20-21H,2-4,17-19H2,1H3. The molecule has 0 spiro atoms. The predicted octanol–water partition coefficient (Wildman–Crippen LogP) is 6.32. The van der Waals surface area contributed by atoms with Crippen LogP contribution in [0.1, 0.15) is 13.3 Å². The minimum Gasteiger partial charge on any atom is -0.460 e. The molecule has 2 aromatic rings. The van der Waals surface area contributed by atoms with Crippen molar-refractivity contribution >= 4 is 41.9 Å². The normalized spacial score (nSPS) is 14.2. The molecular formula is C25H29O7PS2. The maximum Gasteiger partial charge on any atom is 0.394 e. The molecule has 7 nitrogen and oxygen atoms in total. The van der Waals surface area contributed by atoms with Gasteiger partial charge in [-0.05, 0) is 42.1 Å². The molecule has 0 aliphatic heterocycles. The number of rotatable bonds is 16. The highest BCUT2D eigenvalue weighted by atomic mass is 32.7. The second-order valence-electron chi connectivity index (χ2n) is 7.01. The number of benzene rings is 2. The molecule has 0 bridgehead atoms. The number of esters is 2. The van der Waals surface area contributed by atoms with Gasteiger partial charge in [-0.1, -0.05) is 56.5 Å². The smallest absolute Gasteiger partial charge is 0.394 e. The summed E-state index contributed by atoms with van der Waals surface area (Å²) < 4.78 is 36.2. The van der Waals surface area contributed by atoms with E-state index >= 15 is 0 Å². The summed E-state index contributed by atoms with van der Waals surface area (Å²) in [6, 6.07) is 18.6. The third kappa shape index (κ3) is 11.3. The molecule has 10 heteroatoms. The Labute approximate surface area is 214 Å². The van der Waals surface area contributed by atoms with Crippen molar-refractivity contribution in [2.75, 3.05) is 19.0 Å². The van der Waals surface area contributed by atoms with Crippen molar-refractivity contribution in [2.24, 2.45) is 0 Å². The van der Waals surface area contributed by atoms with Crippen molar-refractivity contribution in [3.63, 3.8) is 0 Å². The predicted molar refractivity (Wildman–Crippen MR) is 139 cm³/mol. The van der Waals surface area contributed by atoms with Gasteiger partial charge in [0, 0.05) is 27.7 Å². The highest BCUT2D eigenvalue weighted by Gasteiger charge is 2.34. The SMILES string of the molecule is C=CC(=O)OCC(CC)OP(=O)(OC(COC(=O)C=C)CSc1ccccc1)Sc1ccccc1. The fourth-order valence-electron chi connectivity index (χ4n) is 2.55. The zero-order chi connectivity index (χ0) is 25.5. The largest absolute Gasteiger partial charge is 0.460 e. The van der Waals surface area contributed by atoms with Crippen LogP contribution in [0.5, 0.6) is 0 Å². The summed E-state index contributed by atoms with van der Waals surface area (Å²) in [6.07, 6.45) is 1.09. The minimum atomic E-state index is -3.86. The number of hydrogen-bond donors (Lipinski definition) is 0. The molecule has 188 valence electrons. The van der Waals surface area contributed by atoms with Crippen LogP contribution in [-0.4, -0.2) is 43.1 Å². The molecule has 2 rings (SSSR count).